The quantitative estimate of drug-likeness (QED) is 0.505. The molecule has 0 radical (unpaired) electrons. The van der Waals surface area contributed by atoms with Crippen LogP contribution in [0.15, 0.2) is 47.5 Å². The molecule has 0 aliphatic rings. The summed E-state index contributed by atoms with van der Waals surface area (Å²) in [5.41, 5.74) is 0.493. The van der Waals surface area contributed by atoms with Crippen LogP contribution in [-0.2, 0) is 21.2 Å². The number of carbonyl (C=O) groups excluding carboxylic acids is 2. The van der Waals surface area contributed by atoms with Gasteiger partial charge in [-0.3, -0.25) is 9.59 Å². The SMILES string of the molecule is CC(C)CCC(=O)NCCc1ccc(S(=O)(=O)NC(=O)c2ccc(C(=O)O)nc2)cc1. The van der Waals surface area contributed by atoms with Crippen molar-refractivity contribution in [1.29, 1.82) is 0 Å². The first-order valence-electron chi connectivity index (χ1n) is 9.70. The van der Waals surface area contributed by atoms with Crippen LogP contribution in [0.3, 0.4) is 0 Å². The molecule has 1 heterocycles. The van der Waals surface area contributed by atoms with Crippen molar-refractivity contribution in [3.05, 3.63) is 59.4 Å². The van der Waals surface area contributed by atoms with Gasteiger partial charge in [-0.1, -0.05) is 26.0 Å². The number of nitrogens with one attached hydrogen (secondary N) is 2. The minimum atomic E-state index is -4.11. The first-order valence-corrected chi connectivity index (χ1v) is 11.2. The number of carboxylic acids is 1. The van der Waals surface area contributed by atoms with Gasteiger partial charge in [0.2, 0.25) is 5.91 Å². The predicted octanol–water partition coefficient (Wildman–Crippen LogP) is 1.99. The molecule has 0 saturated heterocycles. The standard InChI is InChI=1S/C21H25N3O6S/c1-14(2)3-10-19(25)22-12-11-15-4-7-17(8-5-15)31(29,30)24-20(26)16-6-9-18(21(27)28)23-13-16/h4-9,13-14H,3,10-12H2,1-2H3,(H,22,25)(H,24,26)(H,27,28). The largest absolute Gasteiger partial charge is 0.477 e. The summed E-state index contributed by atoms with van der Waals surface area (Å²) in [4.78, 5) is 38.2. The Morgan fingerprint density at radius 1 is 1.06 bits per heavy atom. The molecule has 0 aliphatic heterocycles. The van der Waals surface area contributed by atoms with Crippen LogP contribution in [0.2, 0.25) is 0 Å². The van der Waals surface area contributed by atoms with E-state index in [4.69, 9.17) is 5.11 Å². The summed E-state index contributed by atoms with van der Waals surface area (Å²) in [6.45, 7) is 4.55. The number of nitrogens with zero attached hydrogens (tertiary/aromatic N) is 1. The number of hydrogen-bond donors (Lipinski definition) is 3. The van der Waals surface area contributed by atoms with Gasteiger partial charge in [0.1, 0.15) is 5.69 Å². The lowest BCUT2D eigenvalue weighted by atomic mass is 10.1. The van der Waals surface area contributed by atoms with Gasteiger partial charge < -0.3 is 10.4 Å². The minimum absolute atomic E-state index is 0.0125. The molecule has 2 aromatic rings. The number of amides is 2. The normalized spacial score (nSPS) is 11.2. The fraction of sp³-hybridized carbons (Fsp3) is 0.333. The van der Waals surface area contributed by atoms with E-state index in [9.17, 15) is 22.8 Å². The fourth-order valence-electron chi connectivity index (χ4n) is 2.58. The summed E-state index contributed by atoms with van der Waals surface area (Å²) in [5, 5.41) is 11.6. The Labute approximate surface area is 180 Å². The van der Waals surface area contributed by atoms with E-state index in [-0.39, 0.29) is 22.1 Å². The van der Waals surface area contributed by atoms with E-state index in [2.05, 4.69) is 24.1 Å². The van der Waals surface area contributed by atoms with Gasteiger partial charge in [-0.05, 0) is 48.6 Å². The van der Waals surface area contributed by atoms with E-state index < -0.39 is 21.9 Å². The zero-order valence-electron chi connectivity index (χ0n) is 17.3. The highest BCUT2D eigenvalue weighted by Crippen LogP contribution is 2.12. The molecule has 9 nitrogen and oxygen atoms in total. The zero-order chi connectivity index (χ0) is 23.0. The molecule has 0 aliphatic carbocycles. The highest BCUT2D eigenvalue weighted by atomic mass is 32.2. The summed E-state index contributed by atoms with van der Waals surface area (Å²) in [6, 6.07) is 8.26. The average Bonchev–Trinajstić information content (AvgIpc) is 2.72. The lowest BCUT2D eigenvalue weighted by molar-refractivity contribution is -0.121. The van der Waals surface area contributed by atoms with Crippen LogP contribution >= 0.6 is 0 Å². The second-order valence-electron chi connectivity index (χ2n) is 7.35. The summed E-state index contributed by atoms with van der Waals surface area (Å²) in [5.74, 6) is -1.73. The monoisotopic (exact) mass is 447 g/mol. The average molecular weight is 448 g/mol. The molecule has 0 unspecified atom stereocenters. The maximum Gasteiger partial charge on any atom is 0.354 e. The molecule has 10 heteroatoms. The summed E-state index contributed by atoms with van der Waals surface area (Å²) in [6.07, 6.45) is 2.83. The van der Waals surface area contributed by atoms with Gasteiger partial charge in [0.15, 0.2) is 0 Å². The number of benzene rings is 1. The van der Waals surface area contributed by atoms with Gasteiger partial charge in [0, 0.05) is 19.2 Å². The van der Waals surface area contributed by atoms with Crippen molar-refractivity contribution < 1.29 is 27.9 Å². The topological polar surface area (TPSA) is 143 Å². The first-order chi connectivity index (χ1) is 14.6. The highest BCUT2D eigenvalue weighted by molar-refractivity contribution is 7.90. The van der Waals surface area contributed by atoms with Crippen molar-refractivity contribution >= 4 is 27.8 Å². The molecule has 31 heavy (non-hydrogen) atoms. The van der Waals surface area contributed by atoms with Crippen molar-refractivity contribution in [2.75, 3.05) is 6.54 Å². The molecule has 2 rings (SSSR count). The van der Waals surface area contributed by atoms with Gasteiger partial charge in [-0.25, -0.2) is 22.9 Å². The van der Waals surface area contributed by atoms with Gasteiger partial charge in [-0.15, -0.1) is 0 Å². The van der Waals surface area contributed by atoms with E-state index in [0.29, 0.717) is 25.3 Å². The molecule has 0 atom stereocenters. The first kappa shape index (κ1) is 24.0. The van der Waals surface area contributed by atoms with Crippen molar-refractivity contribution in [2.45, 2.75) is 38.0 Å². The molecule has 0 spiro atoms. The Bertz CT molecular complexity index is 1030. The Hall–Kier alpha value is -3.27. The molecule has 166 valence electrons. The van der Waals surface area contributed by atoms with Crippen molar-refractivity contribution in [2.24, 2.45) is 5.92 Å². The third kappa shape index (κ3) is 7.49. The Morgan fingerprint density at radius 3 is 2.29 bits per heavy atom. The van der Waals surface area contributed by atoms with Gasteiger partial charge in [0.25, 0.3) is 15.9 Å². The van der Waals surface area contributed by atoms with E-state index in [1.807, 2.05) is 4.72 Å². The van der Waals surface area contributed by atoms with Crippen LogP contribution in [0, 0.1) is 5.92 Å². The van der Waals surface area contributed by atoms with Crippen LogP contribution in [0.4, 0.5) is 0 Å². The highest BCUT2D eigenvalue weighted by Gasteiger charge is 2.19. The molecule has 0 bridgehead atoms. The molecule has 1 aromatic heterocycles. The lowest BCUT2D eigenvalue weighted by Crippen LogP contribution is -2.30. The second-order valence-corrected chi connectivity index (χ2v) is 9.03. The van der Waals surface area contributed by atoms with E-state index in [1.165, 1.54) is 18.2 Å². The molecule has 0 fully saturated rings. The number of sulfonamides is 1. The van der Waals surface area contributed by atoms with E-state index in [0.717, 1.165) is 24.2 Å². The number of aromatic carboxylic acids is 1. The van der Waals surface area contributed by atoms with E-state index in [1.54, 1.807) is 12.1 Å². The maximum atomic E-state index is 12.4. The summed E-state index contributed by atoms with van der Waals surface area (Å²) < 4.78 is 26.8. The van der Waals surface area contributed by atoms with Crippen molar-refractivity contribution in [3.63, 3.8) is 0 Å². The third-order valence-electron chi connectivity index (χ3n) is 4.39. The molecular weight excluding hydrogens is 422 g/mol. The third-order valence-corrected chi connectivity index (χ3v) is 5.74. The molecule has 3 N–H and O–H groups in total. The lowest BCUT2D eigenvalue weighted by Gasteiger charge is -2.09. The Kier molecular flexibility index (Phi) is 8.26. The summed E-state index contributed by atoms with van der Waals surface area (Å²) >= 11 is 0. The second kappa shape index (κ2) is 10.7. The molecule has 2 amide bonds. The Morgan fingerprint density at radius 2 is 1.74 bits per heavy atom. The van der Waals surface area contributed by atoms with Crippen LogP contribution in [-0.4, -0.2) is 42.8 Å². The molecular formula is C21H25N3O6S. The minimum Gasteiger partial charge on any atom is -0.477 e. The van der Waals surface area contributed by atoms with E-state index >= 15 is 0 Å². The fourth-order valence-corrected chi connectivity index (χ4v) is 3.56. The number of carbonyl (C=O) groups is 3. The Balaban J connectivity index is 1.92. The van der Waals surface area contributed by atoms with Crippen molar-refractivity contribution in [3.8, 4) is 0 Å². The van der Waals surface area contributed by atoms with Crippen molar-refractivity contribution in [1.82, 2.24) is 15.0 Å². The van der Waals surface area contributed by atoms with Crippen LogP contribution in [0.1, 0.15) is 53.1 Å². The number of carboxylic acid groups (broad SMARTS) is 1. The number of rotatable bonds is 10. The molecule has 1 aromatic carbocycles. The zero-order valence-corrected chi connectivity index (χ0v) is 18.1. The number of hydrogen-bond acceptors (Lipinski definition) is 6. The predicted molar refractivity (Wildman–Crippen MR) is 113 cm³/mol. The van der Waals surface area contributed by atoms with Crippen LogP contribution in [0.25, 0.3) is 0 Å². The maximum absolute atomic E-state index is 12.4. The van der Waals surface area contributed by atoms with Gasteiger partial charge >= 0.3 is 5.97 Å². The van der Waals surface area contributed by atoms with Crippen LogP contribution in [0.5, 0.6) is 0 Å². The summed E-state index contributed by atoms with van der Waals surface area (Å²) in [7, 11) is -4.11. The smallest absolute Gasteiger partial charge is 0.354 e. The molecule has 0 saturated carbocycles. The van der Waals surface area contributed by atoms with Gasteiger partial charge in [0.05, 0.1) is 10.5 Å². The number of pyridine rings is 1. The van der Waals surface area contributed by atoms with Gasteiger partial charge in [-0.2, -0.15) is 0 Å². The number of aromatic nitrogens is 1. The van der Waals surface area contributed by atoms with Crippen LogP contribution < -0.4 is 10.0 Å².